The van der Waals surface area contributed by atoms with Gasteiger partial charge in [0.15, 0.2) is 0 Å². The highest BCUT2D eigenvalue weighted by Gasteiger charge is 2.26. The zero-order valence-electron chi connectivity index (χ0n) is 6.84. The fraction of sp³-hybridized carbons (Fsp3) is 0.857. The van der Waals surface area contributed by atoms with Crippen molar-refractivity contribution in [2.24, 2.45) is 5.73 Å². The van der Waals surface area contributed by atoms with Gasteiger partial charge in [-0.3, -0.25) is 0 Å². The molecule has 1 aliphatic heterocycles. The first-order valence-electron chi connectivity index (χ1n) is 4.03. The van der Waals surface area contributed by atoms with Gasteiger partial charge in [-0.25, -0.2) is 4.79 Å². The summed E-state index contributed by atoms with van der Waals surface area (Å²) in [6, 6.07) is 0.191. The lowest BCUT2D eigenvalue weighted by Gasteiger charge is -2.11. The average Bonchev–Trinajstić information content (AvgIpc) is 2.33. The van der Waals surface area contributed by atoms with Crippen molar-refractivity contribution in [2.45, 2.75) is 19.4 Å². The molecule has 0 aromatic rings. The average molecular weight is 157 g/mol. The molecule has 1 atom stereocenters. The number of carbonyl (C=O) groups excluding carboxylic acids is 1. The highest BCUT2D eigenvalue weighted by molar-refractivity contribution is 5.76. The second-order valence-corrected chi connectivity index (χ2v) is 2.83. The first kappa shape index (κ1) is 8.33. The summed E-state index contributed by atoms with van der Waals surface area (Å²) >= 11 is 0. The molecule has 3 N–H and O–H groups in total. The molecular formula is C7H15N3O. The molecule has 1 saturated heterocycles. The van der Waals surface area contributed by atoms with Crippen LogP contribution in [0, 0.1) is 0 Å². The van der Waals surface area contributed by atoms with Crippen LogP contribution in [0.1, 0.15) is 13.3 Å². The third-order valence-electron chi connectivity index (χ3n) is 1.83. The molecular weight excluding hydrogens is 142 g/mol. The van der Waals surface area contributed by atoms with Crippen LogP contribution in [-0.4, -0.2) is 36.6 Å². The summed E-state index contributed by atoms with van der Waals surface area (Å²) in [6.07, 6.45) is 1.00. The van der Waals surface area contributed by atoms with Crippen LogP contribution in [0.25, 0.3) is 0 Å². The van der Waals surface area contributed by atoms with Crippen LogP contribution < -0.4 is 11.1 Å². The van der Waals surface area contributed by atoms with Crippen molar-refractivity contribution in [3.05, 3.63) is 0 Å². The second-order valence-electron chi connectivity index (χ2n) is 2.83. The molecule has 11 heavy (non-hydrogen) atoms. The zero-order chi connectivity index (χ0) is 8.27. The molecule has 0 saturated carbocycles. The summed E-state index contributed by atoms with van der Waals surface area (Å²) in [6.45, 7) is 4.19. The highest BCUT2D eigenvalue weighted by Crippen LogP contribution is 2.02. The van der Waals surface area contributed by atoms with Crippen molar-refractivity contribution in [2.75, 3.05) is 19.6 Å². The third kappa shape index (κ3) is 1.83. The zero-order valence-corrected chi connectivity index (χ0v) is 6.84. The number of rotatable bonds is 3. The van der Waals surface area contributed by atoms with Gasteiger partial charge in [0.1, 0.15) is 0 Å². The van der Waals surface area contributed by atoms with E-state index >= 15 is 0 Å². The van der Waals surface area contributed by atoms with Crippen molar-refractivity contribution in [3.63, 3.8) is 0 Å². The Morgan fingerprint density at radius 1 is 1.82 bits per heavy atom. The molecule has 4 nitrogen and oxygen atoms in total. The molecule has 0 aromatic carbocycles. The molecule has 4 heteroatoms. The molecule has 1 fully saturated rings. The van der Waals surface area contributed by atoms with Crippen LogP contribution in [0.4, 0.5) is 4.79 Å². The maximum Gasteiger partial charge on any atom is 0.317 e. The maximum atomic E-state index is 11.1. The van der Waals surface area contributed by atoms with E-state index in [4.69, 9.17) is 5.73 Å². The minimum absolute atomic E-state index is 0.0299. The normalized spacial score (nSPS) is 24.0. The SMILES string of the molecule is CCCN1CC(CN)NC1=O. The predicted molar refractivity (Wildman–Crippen MR) is 43.2 cm³/mol. The lowest BCUT2D eigenvalue weighted by Crippen LogP contribution is -2.33. The summed E-state index contributed by atoms with van der Waals surface area (Å²) in [5.41, 5.74) is 5.41. The Morgan fingerprint density at radius 3 is 3.00 bits per heavy atom. The number of nitrogens with zero attached hydrogens (tertiary/aromatic N) is 1. The number of urea groups is 1. The predicted octanol–water partition coefficient (Wildman–Crippen LogP) is -0.251. The van der Waals surface area contributed by atoms with E-state index in [0.717, 1.165) is 19.5 Å². The van der Waals surface area contributed by atoms with Gasteiger partial charge < -0.3 is 16.0 Å². The summed E-state index contributed by atoms with van der Waals surface area (Å²) in [4.78, 5) is 12.9. The van der Waals surface area contributed by atoms with Gasteiger partial charge in [0, 0.05) is 19.6 Å². The first-order chi connectivity index (χ1) is 5.27. The Bertz CT molecular complexity index is 149. The summed E-state index contributed by atoms with van der Waals surface area (Å²) in [7, 11) is 0. The molecule has 0 aromatic heterocycles. The Morgan fingerprint density at radius 2 is 2.55 bits per heavy atom. The van der Waals surface area contributed by atoms with Gasteiger partial charge in [-0.15, -0.1) is 0 Å². The van der Waals surface area contributed by atoms with E-state index in [2.05, 4.69) is 12.2 Å². The maximum absolute atomic E-state index is 11.1. The van der Waals surface area contributed by atoms with E-state index in [0.29, 0.717) is 6.54 Å². The van der Waals surface area contributed by atoms with E-state index < -0.39 is 0 Å². The van der Waals surface area contributed by atoms with E-state index in [1.807, 2.05) is 0 Å². The lowest BCUT2D eigenvalue weighted by molar-refractivity contribution is 0.217. The van der Waals surface area contributed by atoms with E-state index in [1.165, 1.54) is 0 Å². The quantitative estimate of drug-likeness (QED) is 0.593. The first-order valence-corrected chi connectivity index (χ1v) is 4.03. The topological polar surface area (TPSA) is 58.4 Å². The number of hydrogen-bond acceptors (Lipinski definition) is 2. The molecule has 0 aliphatic carbocycles. The number of nitrogens with two attached hydrogens (primary N) is 1. The molecule has 2 amide bonds. The van der Waals surface area contributed by atoms with Crippen LogP contribution in [0.2, 0.25) is 0 Å². The molecule has 0 radical (unpaired) electrons. The van der Waals surface area contributed by atoms with E-state index in [9.17, 15) is 4.79 Å². The largest absolute Gasteiger partial charge is 0.332 e. The van der Waals surface area contributed by atoms with Crippen LogP contribution >= 0.6 is 0 Å². The summed E-state index contributed by atoms with van der Waals surface area (Å²) in [5, 5.41) is 2.80. The number of amides is 2. The number of hydrogen-bond donors (Lipinski definition) is 2. The summed E-state index contributed by atoms with van der Waals surface area (Å²) in [5.74, 6) is 0. The van der Waals surface area contributed by atoms with Crippen LogP contribution in [0.15, 0.2) is 0 Å². The van der Waals surface area contributed by atoms with Crippen molar-refractivity contribution < 1.29 is 4.79 Å². The van der Waals surface area contributed by atoms with Gasteiger partial charge in [0.05, 0.1) is 6.04 Å². The van der Waals surface area contributed by atoms with Crippen LogP contribution in [-0.2, 0) is 0 Å². The van der Waals surface area contributed by atoms with Gasteiger partial charge in [0.2, 0.25) is 0 Å². The molecule has 1 unspecified atom stereocenters. The van der Waals surface area contributed by atoms with Gasteiger partial charge in [-0.2, -0.15) is 0 Å². The monoisotopic (exact) mass is 157 g/mol. The fourth-order valence-electron chi connectivity index (χ4n) is 1.26. The number of nitrogens with one attached hydrogen (secondary N) is 1. The standard InChI is InChI=1S/C7H15N3O/c1-2-3-10-5-6(4-8)9-7(10)11/h6H,2-5,8H2,1H3,(H,9,11). The number of carbonyl (C=O) groups is 1. The fourth-order valence-corrected chi connectivity index (χ4v) is 1.26. The summed E-state index contributed by atoms with van der Waals surface area (Å²) < 4.78 is 0. The van der Waals surface area contributed by atoms with E-state index in [1.54, 1.807) is 4.90 Å². The molecule has 1 heterocycles. The van der Waals surface area contributed by atoms with Crippen LogP contribution in [0.5, 0.6) is 0 Å². The molecule has 0 bridgehead atoms. The van der Waals surface area contributed by atoms with Crippen molar-refractivity contribution in [1.29, 1.82) is 0 Å². The Hall–Kier alpha value is -0.770. The van der Waals surface area contributed by atoms with Crippen molar-refractivity contribution >= 4 is 6.03 Å². The van der Waals surface area contributed by atoms with Crippen LogP contribution in [0.3, 0.4) is 0 Å². The minimum atomic E-state index is 0.0299. The van der Waals surface area contributed by atoms with Crippen molar-refractivity contribution in [3.8, 4) is 0 Å². The molecule has 64 valence electrons. The Kier molecular flexibility index (Phi) is 2.70. The Labute approximate surface area is 66.7 Å². The smallest absolute Gasteiger partial charge is 0.317 e. The van der Waals surface area contributed by atoms with Gasteiger partial charge >= 0.3 is 6.03 Å². The Balaban J connectivity index is 2.38. The van der Waals surface area contributed by atoms with Crippen molar-refractivity contribution in [1.82, 2.24) is 10.2 Å². The van der Waals surface area contributed by atoms with Gasteiger partial charge in [-0.1, -0.05) is 6.92 Å². The third-order valence-corrected chi connectivity index (χ3v) is 1.83. The van der Waals surface area contributed by atoms with Gasteiger partial charge in [0.25, 0.3) is 0 Å². The minimum Gasteiger partial charge on any atom is -0.332 e. The second kappa shape index (κ2) is 3.57. The molecule has 0 spiro atoms. The highest BCUT2D eigenvalue weighted by atomic mass is 16.2. The molecule has 1 rings (SSSR count). The van der Waals surface area contributed by atoms with E-state index in [-0.39, 0.29) is 12.1 Å². The van der Waals surface area contributed by atoms with Gasteiger partial charge in [-0.05, 0) is 6.42 Å². The molecule has 1 aliphatic rings. The lowest BCUT2D eigenvalue weighted by atomic mass is 10.3.